The Bertz CT molecular complexity index is 418. The van der Waals surface area contributed by atoms with E-state index in [9.17, 15) is 4.79 Å². The van der Waals surface area contributed by atoms with Crippen LogP contribution in [0.15, 0.2) is 6.07 Å². The van der Waals surface area contributed by atoms with Crippen LogP contribution in [0.5, 0.6) is 0 Å². The van der Waals surface area contributed by atoms with Crippen molar-refractivity contribution in [2.75, 3.05) is 23.0 Å². The summed E-state index contributed by atoms with van der Waals surface area (Å²) in [6.45, 7) is 0. The van der Waals surface area contributed by atoms with Crippen LogP contribution in [0.4, 0.5) is 17.3 Å². The molecule has 0 aromatic carbocycles. The summed E-state index contributed by atoms with van der Waals surface area (Å²) in [5.74, 6) is 1.59. The predicted molar refractivity (Wildman–Crippen MR) is 54.2 cm³/mol. The Kier molecular flexibility index (Phi) is 1.13. The molecular formula is C9H12N4O. The lowest BCUT2D eigenvalue weighted by Gasteiger charge is -2.33. The van der Waals surface area contributed by atoms with E-state index in [4.69, 9.17) is 5.73 Å². The van der Waals surface area contributed by atoms with Gasteiger partial charge in [0.25, 0.3) is 0 Å². The van der Waals surface area contributed by atoms with Crippen LogP contribution in [0.2, 0.25) is 0 Å². The summed E-state index contributed by atoms with van der Waals surface area (Å²) in [5.41, 5.74) is 6.12. The Labute approximate surface area is 81.3 Å². The highest BCUT2D eigenvalue weighted by molar-refractivity contribution is 6.08. The number of H-pyrrole nitrogens is 1. The monoisotopic (exact) mass is 192 g/mol. The number of aromatic nitrogens is 1. The summed E-state index contributed by atoms with van der Waals surface area (Å²) >= 11 is 0. The maximum atomic E-state index is 11.8. The molecule has 3 rings (SSSR count). The number of nitrogens with zero attached hydrogens (tertiary/aromatic N) is 1. The van der Waals surface area contributed by atoms with Crippen LogP contribution in [0.3, 0.4) is 0 Å². The zero-order valence-corrected chi connectivity index (χ0v) is 7.92. The van der Waals surface area contributed by atoms with Gasteiger partial charge in [0.15, 0.2) is 0 Å². The van der Waals surface area contributed by atoms with Crippen LogP contribution >= 0.6 is 0 Å². The molecule has 14 heavy (non-hydrogen) atoms. The minimum atomic E-state index is -0.301. The number of hydrogen-bond donors (Lipinski definition) is 3. The highest BCUT2D eigenvalue weighted by Gasteiger charge is 2.56. The molecule has 1 saturated carbocycles. The summed E-state index contributed by atoms with van der Waals surface area (Å²) in [5, 5.41) is 2.87. The molecule has 0 atom stereocenters. The number of nitrogens with one attached hydrogen (secondary N) is 2. The van der Waals surface area contributed by atoms with Crippen molar-refractivity contribution in [2.24, 2.45) is 0 Å². The number of hydrogen-bond acceptors (Lipinski definition) is 3. The van der Waals surface area contributed by atoms with Gasteiger partial charge in [-0.15, -0.1) is 0 Å². The molecule has 0 bridgehead atoms. The van der Waals surface area contributed by atoms with Crippen LogP contribution < -0.4 is 16.0 Å². The van der Waals surface area contributed by atoms with Crippen LogP contribution in [0.25, 0.3) is 0 Å². The van der Waals surface area contributed by atoms with Gasteiger partial charge in [0.05, 0.1) is 5.69 Å². The fraction of sp³-hybridized carbons (Fsp3) is 0.444. The average Bonchev–Trinajstić information content (AvgIpc) is 2.84. The molecule has 4 N–H and O–H groups in total. The number of rotatable bonds is 0. The van der Waals surface area contributed by atoms with E-state index in [1.54, 1.807) is 6.07 Å². The van der Waals surface area contributed by atoms with Crippen molar-refractivity contribution < 1.29 is 4.79 Å². The fourth-order valence-corrected chi connectivity index (χ4v) is 2.11. The molecule has 1 spiro atoms. The maximum absolute atomic E-state index is 11.8. The first-order valence-corrected chi connectivity index (χ1v) is 4.67. The van der Waals surface area contributed by atoms with Crippen molar-refractivity contribution in [3.8, 4) is 0 Å². The quantitative estimate of drug-likeness (QED) is 0.561. The van der Waals surface area contributed by atoms with Gasteiger partial charge in [0, 0.05) is 13.1 Å². The molecule has 1 aromatic heterocycles. The summed E-state index contributed by atoms with van der Waals surface area (Å²) in [4.78, 5) is 16.8. The number of anilines is 3. The van der Waals surface area contributed by atoms with E-state index in [1.807, 2.05) is 11.9 Å². The Morgan fingerprint density at radius 3 is 2.93 bits per heavy atom. The molecule has 2 heterocycles. The lowest BCUT2D eigenvalue weighted by molar-refractivity contribution is -0.118. The fourth-order valence-electron chi connectivity index (χ4n) is 2.11. The minimum absolute atomic E-state index is 0.0894. The molecule has 0 radical (unpaired) electrons. The topological polar surface area (TPSA) is 74.2 Å². The third-order valence-corrected chi connectivity index (χ3v) is 3.19. The molecular weight excluding hydrogens is 180 g/mol. The number of amides is 1. The summed E-state index contributed by atoms with van der Waals surface area (Å²) in [6, 6.07) is 1.75. The van der Waals surface area contributed by atoms with E-state index < -0.39 is 0 Å². The molecule has 1 aliphatic carbocycles. The Morgan fingerprint density at radius 2 is 2.29 bits per heavy atom. The standard InChI is InChI=1S/C9H12N4O/c1-13-7-5(4-6(10)12-7)11-8(14)9(13)2-3-9/h4,12H,2-3,10H2,1H3,(H,11,14). The number of likely N-dealkylation sites (N-methyl/N-ethyl adjacent to an activating group) is 1. The number of nitrogen functional groups attached to an aromatic ring is 1. The van der Waals surface area contributed by atoms with Crippen LogP contribution in [0.1, 0.15) is 12.8 Å². The normalized spacial score (nSPS) is 22.1. The van der Waals surface area contributed by atoms with E-state index in [-0.39, 0.29) is 11.4 Å². The molecule has 5 nitrogen and oxygen atoms in total. The number of aromatic amines is 1. The van der Waals surface area contributed by atoms with E-state index in [1.165, 1.54) is 0 Å². The molecule has 1 aliphatic heterocycles. The SMILES string of the molecule is CN1c2[nH]c(N)cc2NC(=O)C12CC2. The van der Waals surface area contributed by atoms with Crippen molar-refractivity contribution in [1.29, 1.82) is 0 Å². The van der Waals surface area contributed by atoms with E-state index in [0.29, 0.717) is 5.82 Å². The second-order valence-corrected chi connectivity index (χ2v) is 4.03. The molecule has 1 aromatic rings. The summed E-state index contributed by atoms with van der Waals surface area (Å²) < 4.78 is 0. The Morgan fingerprint density at radius 1 is 1.57 bits per heavy atom. The highest BCUT2D eigenvalue weighted by Crippen LogP contribution is 2.49. The Balaban J connectivity index is 2.13. The predicted octanol–water partition coefficient (Wildman–Crippen LogP) is 0.518. The molecule has 74 valence electrons. The van der Waals surface area contributed by atoms with Crippen LogP contribution in [-0.4, -0.2) is 23.5 Å². The molecule has 0 saturated heterocycles. The van der Waals surface area contributed by atoms with E-state index in [0.717, 1.165) is 24.3 Å². The highest BCUT2D eigenvalue weighted by atomic mass is 16.2. The lowest BCUT2D eigenvalue weighted by Crippen LogP contribution is -2.48. The summed E-state index contributed by atoms with van der Waals surface area (Å²) in [7, 11) is 1.93. The molecule has 1 amide bonds. The van der Waals surface area contributed by atoms with Gasteiger partial charge in [-0.25, -0.2) is 0 Å². The molecule has 1 fully saturated rings. The van der Waals surface area contributed by atoms with E-state index in [2.05, 4.69) is 10.3 Å². The van der Waals surface area contributed by atoms with Gasteiger partial charge in [-0.3, -0.25) is 4.79 Å². The van der Waals surface area contributed by atoms with Crippen LogP contribution in [-0.2, 0) is 4.79 Å². The van der Waals surface area contributed by atoms with Crippen molar-refractivity contribution in [1.82, 2.24) is 4.98 Å². The first-order chi connectivity index (χ1) is 6.63. The van der Waals surface area contributed by atoms with Crippen molar-refractivity contribution >= 4 is 23.2 Å². The third-order valence-electron chi connectivity index (χ3n) is 3.19. The number of carbonyl (C=O) groups excluding carboxylic acids is 1. The Hall–Kier alpha value is -1.65. The molecule has 5 heteroatoms. The summed E-state index contributed by atoms with van der Waals surface area (Å²) in [6.07, 6.45) is 1.85. The average molecular weight is 192 g/mol. The molecule has 2 aliphatic rings. The van der Waals surface area contributed by atoms with Gasteiger partial charge in [-0.1, -0.05) is 0 Å². The first-order valence-electron chi connectivity index (χ1n) is 4.67. The first kappa shape index (κ1) is 7.73. The van der Waals surface area contributed by atoms with Gasteiger partial charge in [0.2, 0.25) is 5.91 Å². The lowest BCUT2D eigenvalue weighted by atomic mass is 10.1. The van der Waals surface area contributed by atoms with Gasteiger partial charge in [0.1, 0.15) is 17.2 Å². The number of nitrogens with two attached hydrogens (primary N) is 1. The molecule has 0 unspecified atom stereocenters. The number of carbonyl (C=O) groups is 1. The van der Waals surface area contributed by atoms with Crippen molar-refractivity contribution in [3.63, 3.8) is 0 Å². The van der Waals surface area contributed by atoms with Gasteiger partial charge in [-0.05, 0) is 12.8 Å². The van der Waals surface area contributed by atoms with Gasteiger partial charge in [-0.2, -0.15) is 0 Å². The van der Waals surface area contributed by atoms with Gasteiger partial charge >= 0.3 is 0 Å². The largest absolute Gasteiger partial charge is 0.385 e. The minimum Gasteiger partial charge on any atom is -0.385 e. The maximum Gasteiger partial charge on any atom is 0.250 e. The third kappa shape index (κ3) is 0.724. The smallest absolute Gasteiger partial charge is 0.250 e. The second kappa shape index (κ2) is 2.05. The zero-order chi connectivity index (χ0) is 9.92. The number of fused-ring (bicyclic) bond motifs is 1. The second-order valence-electron chi connectivity index (χ2n) is 4.03. The van der Waals surface area contributed by atoms with Crippen molar-refractivity contribution in [3.05, 3.63) is 6.07 Å². The van der Waals surface area contributed by atoms with Gasteiger partial charge < -0.3 is 20.9 Å². The van der Waals surface area contributed by atoms with Crippen molar-refractivity contribution in [2.45, 2.75) is 18.4 Å². The van der Waals surface area contributed by atoms with E-state index >= 15 is 0 Å². The van der Waals surface area contributed by atoms with Crippen LogP contribution in [0, 0.1) is 0 Å². The zero-order valence-electron chi connectivity index (χ0n) is 7.92.